The van der Waals surface area contributed by atoms with Gasteiger partial charge in [0, 0.05) is 25.7 Å². The molecule has 4 N–H and O–H groups in total. The molecule has 0 saturated carbocycles. The van der Waals surface area contributed by atoms with Gasteiger partial charge < -0.3 is 20.6 Å². The Hall–Kier alpha value is -1.59. The summed E-state index contributed by atoms with van der Waals surface area (Å²) in [5, 5.41) is 6.79. The maximum Gasteiger partial charge on any atom is 0.323 e. The molecule has 0 radical (unpaired) electrons. The van der Waals surface area contributed by atoms with E-state index in [1.807, 2.05) is 12.1 Å². The largest absolute Gasteiger partial charge is 0.323 e. The van der Waals surface area contributed by atoms with Gasteiger partial charge in [0.1, 0.15) is 0 Å². The molecule has 84 valence electrons. The minimum Gasteiger partial charge on any atom is -0.314 e. The molecular formula is C11H14N4O. The van der Waals surface area contributed by atoms with Crippen LogP contribution >= 0.6 is 0 Å². The molecule has 0 aliphatic carbocycles. The average molecular weight is 218 g/mol. The third kappa shape index (κ3) is 1.64. The van der Waals surface area contributed by atoms with Crippen molar-refractivity contribution in [3.05, 3.63) is 34.2 Å². The van der Waals surface area contributed by atoms with Gasteiger partial charge in [0.05, 0.1) is 11.0 Å². The highest BCUT2D eigenvalue weighted by Gasteiger charge is 2.14. The van der Waals surface area contributed by atoms with Crippen LogP contribution in [0.15, 0.2) is 23.0 Å². The normalized spacial score (nSPS) is 21.4. The van der Waals surface area contributed by atoms with Crippen LogP contribution in [0.3, 0.4) is 0 Å². The first-order valence-corrected chi connectivity index (χ1v) is 5.49. The van der Waals surface area contributed by atoms with E-state index in [4.69, 9.17) is 0 Å². The minimum absolute atomic E-state index is 0.151. The Labute approximate surface area is 92.3 Å². The Balaban J connectivity index is 2.00. The molecule has 16 heavy (non-hydrogen) atoms. The molecule has 2 aromatic rings. The molecular weight excluding hydrogens is 204 g/mol. The first-order valence-electron chi connectivity index (χ1n) is 5.49. The summed E-state index contributed by atoms with van der Waals surface area (Å²) >= 11 is 0. The van der Waals surface area contributed by atoms with Crippen LogP contribution in [-0.2, 0) is 0 Å². The maximum absolute atomic E-state index is 11.1. The van der Waals surface area contributed by atoms with Crippen LogP contribution < -0.4 is 16.3 Å². The number of benzene rings is 1. The van der Waals surface area contributed by atoms with Gasteiger partial charge in [-0.2, -0.15) is 0 Å². The van der Waals surface area contributed by atoms with Crippen molar-refractivity contribution in [3.8, 4) is 0 Å². The van der Waals surface area contributed by atoms with Crippen LogP contribution in [0.2, 0.25) is 0 Å². The number of hydrogen-bond donors (Lipinski definition) is 4. The molecule has 2 heterocycles. The summed E-state index contributed by atoms with van der Waals surface area (Å²) in [6, 6.07) is 6.35. The lowest BCUT2D eigenvalue weighted by Gasteiger charge is -2.24. The van der Waals surface area contributed by atoms with Crippen LogP contribution in [0.25, 0.3) is 11.0 Å². The number of H-pyrrole nitrogens is 2. The van der Waals surface area contributed by atoms with E-state index in [2.05, 4.69) is 26.7 Å². The molecule has 5 heteroatoms. The predicted octanol–water partition coefficient (Wildman–Crippen LogP) is 0.0901. The first-order chi connectivity index (χ1) is 7.83. The number of aromatic amines is 2. The number of piperazine rings is 1. The molecule has 1 aliphatic rings. The van der Waals surface area contributed by atoms with Gasteiger partial charge >= 0.3 is 5.69 Å². The van der Waals surface area contributed by atoms with Gasteiger partial charge in [0.15, 0.2) is 0 Å². The summed E-state index contributed by atoms with van der Waals surface area (Å²) in [4.78, 5) is 16.7. The van der Waals surface area contributed by atoms with Gasteiger partial charge in [-0.3, -0.25) is 0 Å². The van der Waals surface area contributed by atoms with Crippen LogP contribution in [-0.4, -0.2) is 29.6 Å². The van der Waals surface area contributed by atoms with Crippen molar-refractivity contribution in [3.63, 3.8) is 0 Å². The molecule has 1 fully saturated rings. The van der Waals surface area contributed by atoms with Gasteiger partial charge in [-0.15, -0.1) is 0 Å². The lowest BCUT2D eigenvalue weighted by molar-refractivity contribution is 0.430. The molecule has 0 bridgehead atoms. The summed E-state index contributed by atoms with van der Waals surface area (Å²) in [7, 11) is 0. The fourth-order valence-electron chi connectivity index (χ4n) is 2.16. The summed E-state index contributed by atoms with van der Waals surface area (Å²) in [5.74, 6) is 0. The van der Waals surface area contributed by atoms with Crippen LogP contribution in [0.4, 0.5) is 0 Å². The third-order valence-electron chi connectivity index (χ3n) is 2.98. The quantitative estimate of drug-likeness (QED) is 0.548. The van der Waals surface area contributed by atoms with Gasteiger partial charge in [-0.05, 0) is 17.7 Å². The number of imidazole rings is 1. The van der Waals surface area contributed by atoms with E-state index in [9.17, 15) is 4.79 Å². The Morgan fingerprint density at radius 2 is 2.00 bits per heavy atom. The van der Waals surface area contributed by atoms with E-state index in [0.717, 1.165) is 30.7 Å². The number of aromatic nitrogens is 2. The zero-order chi connectivity index (χ0) is 11.0. The molecule has 3 rings (SSSR count). The van der Waals surface area contributed by atoms with Crippen molar-refractivity contribution in [1.82, 2.24) is 20.6 Å². The second kappa shape index (κ2) is 3.77. The van der Waals surface area contributed by atoms with Crippen LogP contribution in [0, 0.1) is 0 Å². The zero-order valence-corrected chi connectivity index (χ0v) is 8.84. The average Bonchev–Trinajstić information content (AvgIpc) is 2.69. The SMILES string of the molecule is O=c1[nH]c2ccc(C3CNCCN3)cc2[nH]1. The number of nitrogens with one attached hydrogen (secondary N) is 4. The van der Waals surface area contributed by atoms with Gasteiger partial charge in [-0.25, -0.2) is 4.79 Å². The second-order valence-electron chi connectivity index (χ2n) is 4.09. The fraction of sp³-hybridized carbons (Fsp3) is 0.364. The minimum atomic E-state index is -0.151. The van der Waals surface area contributed by atoms with E-state index in [1.54, 1.807) is 0 Å². The molecule has 1 aromatic carbocycles. The highest BCUT2D eigenvalue weighted by Crippen LogP contribution is 2.17. The van der Waals surface area contributed by atoms with Crippen molar-refractivity contribution >= 4 is 11.0 Å². The molecule has 1 unspecified atom stereocenters. The third-order valence-corrected chi connectivity index (χ3v) is 2.98. The van der Waals surface area contributed by atoms with E-state index in [-0.39, 0.29) is 5.69 Å². The molecule has 1 aliphatic heterocycles. The number of hydrogen-bond acceptors (Lipinski definition) is 3. The lowest BCUT2D eigenvalue weighted by atomic mass is 10.0. The van der Waals surface area contributed by atoms with Crippen molar-refractivity contribution in [2.24, 2.45) is 0 Å². The van der Waals surface area contributed by atoms with Crippen molar-refractivity contribution < 1.29 is 0 Å². The topological polar surface area (TPSA) is 72.7 Å². The monoisotopic (exact) mass is 218 g/mol. The molecule has 1 saturated heterocycles. The molecule has 1 aromatic heterocycles. The van der Waals surface area contributed by atoms with Crippen molar-refractivity contribution in [2.45, 2.75) is 6.04 Å². The number of fused-ring (bicyclic) bond motifs is 1. The van der Waals surface area contributed by atoms with Gasteiger partial charge in [-0.1, -0.05) is 6.07 Å². The predicted molar refractivity (Wildman–Crippen MR) is 62.5 cm³/mol. The van der Waals surface area contributed by atoms with E-state index in [0.29, 0.717) is 6.04 Å². The van der Waals surface area contributed by atoms with Crippen LogP contribution in [0.5, 0.6) is 0 Å². The highest BCUT2D eigenvalue weighted by molar-refractivity contribution is 5.75. The molecule has 0 amide bonds. The second-order valence-corrected chi connectivity index (χ2v) is 4.09. The molecule has 1 atom stereocenters. The Morgan fingerprint density at radius 3 is 2.81 bits per heavy atom. The molecule has 0 spiro atoms. The van der Waals surface area contributed by atoms with Crippen LogP contribution in [0.1, 0.15) is 11.6 Å². The number of rotatable bonds is 1. The molecule has 5 nitrogen and oxygen atoms in total. The van der Waals surface area contributed by atoms with Gasteiger partial charge in [0.2, 0.25) is 0 Å². The van der Waals surface area contributed by atoms with E-state index in [1.165, 1.54) is 5.56 Å². The maximum atomic E-state index is 11.1. The van der Waals surface area contributed by atoms with E-state index < -0.39 is 0 Å². The summed E-state index contributed by atoms with van der Waals surface area (Å²) in [6.07, 6.45) is 0. The summed E-state index contributed by atoms with van der Waals surface area (Å²) in [6.45, 7) is 2.92. The Kier molecular flexibility index (Phi) is 2.27. The zero-order valence-electron chi connectivity index (χ0n) is 8.84. The Morgan fingerprint density at radius 1 is 1.12 bits per heavy atom. The Bertz CT molecular complexity index is 550. The first kappa shape index (κ1) is 9.62. The van der Waals surface area contributed by atoms with Crippen molar-refractivity contribution in [2.75, 3.05) is 19.6 Å². The standard InChI is InChI=1S/C11H14N4O/c16-11-14-8-2-1-7(5-9(8)15-11)10-6-12-3-4-13-10/h1-2,5,10,12-13H,3-4,6H2,(H2,14,15,16). The fourth-order valence-corrected chi connectivity index (χ4v) is 2.16. The lowest BCUT2D eigenvalue weighted by Crippen LogP contribution is -2.42. The van der Waals surface area contributed by atoms with Crippen molar-refractivity contribution in [1.29, 1.82) is 0 Å². The smallest absolute Gasteiger partial charge is 0.314 e. The summed E-state index contributed by atoms with van der Waals surface area (Å²) < 4.78 is 0. The highest BCUT2D eigenvalue weighted by atomic mass is 16.1. The van der Waals surface area contributed by atoms with Gasteiger partial charge in [0.25, 0.3) is 0 Å². The van der Waals surface area contributed by atoms with E-state index >= 15 is 0 Å². The summed E-state index contributed by atoms with van der Waals surface area (Å²) in [5.41, 5.74) is 2.78.